The minimum Gasteiger partial charge on any atom is -0.392 e. The van der Waals surface area contributed by atoms with Gasteiger partial charge in [-0.3, -0.25) is 4.79 Å². The summed E-state index contributed by atoms with van der Waals surface area (Å²) in [6.07, 6.45) is 7.98. The van der Waals surface area contributed by atoms with E-state index >= 15 is 0 Å². The van der Waals surface area contributed by atoms with Gasteiger partial charge in [-0.1, -0.05) is 31.6 Å². The zero-order chi connectivity index (χ0) is 18.1. The maximum atomic E-state index is 11.8. The molecule has 0 aliphatic heterocycles. The molecular formula is C20H29ClO3. The molecule has 1 N–H and O–H groups in total. The molecule has 0 aromatic carbocycles. The maximum Gasteiger partial charge on any atom is 0.146 e. The first-order chi connectivity index (χ1) is 11.2. The van der Waals surface area contributed by atoms with Crippen molar-refractivity contribution in [3.05, 3.63) is 23.3 Å². The first-order valence-electron chi connectivity index (χ1n) is 8.77. The molecule has 0 unspecified atom stereocenters. The van der Waals surface area contributed by atoms with Gasteiger partial charge in [0.25, 0.3) is 0 Å². The number of alkyl halides is 1. The molecule has 0 amide bonds. The van der Waals surface area contributed by atoms with E-state index in [0.717, 1.165) is 25.4 Å². The first-order valence-corrected chi connectivity index (χ1v) is 9.21. The fraction of sp³-hybridized carbons (Fsp3) is 0.700. The average Bonchev–Trinajstić information content (AvgIpc) is 2.52. The molecule has 6 atom stereocenters. The van der Waals surface area contributed by atoms with Crippen LogP contribution in [0, 0.1) is 22.7 Å². The van der Waals surface area contributed by atoms with Gasteiger partial charge in [-0.15, -0.1) is 11.6 Å². The van der Waals surface area contributed by atoms with Crippen molar-refractivity contribution in [1.82, 2.24) is 0 Å². The Morgan fingerprint density at radius 3 is 2.58 bits per heavy atom. The number of hydrogen-bond acceptors (Lipinski definition) is 3. The third-order valence-corrected chi connectivity index (χ3v) is 7.21. The van der Waals surface area contributed by atoms with Crippen molar-refractivity contribution in [1.29, 1.82) is 0 Å². The molecule has 0 saturated heterocycles. The summed E-state index contributed by atoms with van der Waals surface area (Å²) in [6.45, 7) is 8.30. The third kappa shape index (κ3) is 3.01. The molecule has 2 aliphatic carbocycles. The number of carbonyl (C=O) groups excluding carboxylic acids is 2. The molecule has 0 radical (unpaired) electrons. The lowest BCUT2D eigenvalue weighted by Gasteiger charge is -2.60. The van der Waals surface area contributed by atoms with Gasteiger partial charge >= 0.3 is 0 Å². The minimum atomic E-state index is -0.680. The molecule has 0 spiro atoms. The summed E-state index contributed by atoms with van der Waals surface area (Å²) in [6, 6.07) is 0. The van der Waals surface area contributed by atoms with Gasteiger partial charge in [0.2, 0.25) is 0 Å². The predicted molar refractivity (Wildman–Crippen MR) is 97.0 cm³/mol. The number of hydrogen-bond donors (Lipinski definition) is 1. The zero-order valence-electron chi connectivity index (χ0n) is 15.1. The highest BCUT2D eigenvalue weighted by molar-refractivity contribution is 6.21. The maximum absolute atomic E-state index is 11.8. The van der Waals surface area contributed by atoms with Gasteiger partial charge in [0.15, 0.2) is 0 Å². The zero-order valence-corrected chi connectivity index (χ0v) is 15.8. The van der Waals surface area contributed by atoms with Crippen LogP contribution < -0.4 is 0 Å². The van der Waals surface area contributed by atoms with E-state index in [4.69, 9.17) is 11.6 Å². The van der Waals surface area contributed by atoms with Crippen LogP contribution in [0.15, 0.2) is 23.3 Å². The highest BCUT2D eigenvalue weighted by Gasteiger charge is 2.61. The van der Waals surface area contributed by atoms with Crippen LogP contribution in [0.25, 0.3) is 0 Å². The molecule has 1 fully saturated rings. The average molecular weight is 353 g/mol. The Bertz CT molecular complexity index is 563. The van der Waals surface area contributed by atoms with E-state index in [2.05, 4.69) is 26.8 Å². The fourth-order valence-corrected chi connectivity index (χ4v) is 5.35. The Morgan fingerprint density at radius 1 is 1.38 bits per heavy atom. The van der Waals surface area contributed by atoms with Crippen molar-refractivity contribution >= 4 is 24.2 Å². The Labute approximate surface area is 150 Å². The Kier molecular flexibility index (Phi) is 5.76. The lowest BCUT2D eigenvalue weighted by Crippen LogP contribution is -2.60. The largest absolute Gasteiger partial charge is 0.392 e. The Hall–Kier alpha value is -0.930. The monoisotopic (exact) mass is 352 g/mol. The second kappa shape index (κ2) is 7.13. The van der Waals surface area contributed by atoms with E-state index in [0.29, 0.717) is 18.4 Å². The number of aldehydes is 2. The minimum absolute atomic E-state index is 0.0701. The number of fused-ring (bicyclic) bond motifs is 1. The highest BCUT2D eigenvalue weighted by atomic mass is 35.5. The Morgan fingerprint density at radius 2 is 2.04 bits per heavy atom. The molecule has 24 heavy (non-hydrogen) atoms. The van der Waals surface area contributed by atoms with Crippen LogP contribution >= 0.6 is 11.6 Å². The molecule has 4 heteroatoms. The molecule has 1 saturated carbocycles. The second-order valence-electron chi connectivity index (χ2n) is 8.14. The number of allylic oxidation sites excluding steroid dienone is 4. The number of carbonyl (C=O) groups is 2. The van der Waals surface area contributed by atoms with Gasteiger partial charge in [-0.25, -0.2) is 0 Å². The van der Waals surface area contributed by atoms with Crippen molar-refractivity contribution in [2.75, 3.05) is 0 Å². The summed E-state index contributed by atoms with van der Waals surface area (Å²) < 4.78 is 0. The molecule has 3 nitrogen and oxygen atoms in total. The van der Waals surface area contributed by atoms with Gasteiger partial charge in [-0.05, 0) is 56.4 Å². The summed E-state index contributed by atoms with van der Waals surface area (Å²) >= 11 is 6.72. The summed E-state index contributed by atoms with van der Waals surface area (Å²) in [5.74, 6) is -0.489. The van der Waals surface area contributed by atoms with Crippen molar-refractivity contribution in [3.8, 4) is 0 Å². The standard InChI is InChI=1S/C20H29ClO3/c1-13(2)6-5-9-19(3)16-8-7-14(11-22)15(12-23)20(16,4)18(24)10-17(19)21/h6-7,11-12,15-18,24H,5,8-10H2,1-4H3/t15-,16-,17-,18-,19-,20+/m0/s1. The number of aliphatic hydroxyl groups is 1. The Balaban J connectivity index is 2.44. The fourth-order valence-electron chi connectivity index (χ4n) is 4.92. The van der Waals surface area contributed by atoms with Crippen LogP contribution in [0.1, 0.15) is 53.4 Å². The van der Waals surface area contributed by atoms with E-state index < -0.39 is 17.4 Å². The third-order valence-electron chi connectivity index (χ3n) is 6.54. The van der Waals surface area contributed by atoms with E-state index in [1.165, 1.54) is 5.57 Å². The number of halogens is 1. The van der Waals surface area contributed by atoms with E-state index in [1.807, 2.05) is 13.0 Å². The van der Waals surface area contributed by atoms with E-state index in [-0.39, 0.29) is 16.7 Å². The predicted octanol–water partition coefficient (Wildman–Crippen LogP) is 4.08. The van der Waals surface area contributed by atoms with Gasteiger partial charge in [0, 0.05) is 10.8 Å². The van der Waals surface area contributed by atoms with Crippen LogP contribution in [-0.2, 0) is 9.59 Å². The quantitative estimate of drug-likeness (QED) is 0.461. The lowest BCUT2D eigenvalue weighted by atomic mass is 9.46. The van der Waals surface area contributed by atoms with Crippen LogP contribution in [0.5, 0.6) is 0 Å². The van der Waals surface area contributed by atoms with Crippen LogP contribution in [0.4, 0.5) is 0 Å². The van der Waals surface area contributed by atoms with Gasteiger partial charge < -0.3 is 9.90 Å². The molecule has 2 rings (SSSR count). The normalized spacial score (nSPS) is 41.8. The second-order valence-corrected chi connectivity index (χ2v) is 8.66. The smallest absolute Gasteiger partial charge is 0.146 e. The van der Waals surface area contributed by atoms with Crippen molar-refractivity contribution in [3.63, 3.8) is 0 Å². The van der Waals surface area contributed by atoms with E-state index in [9.17, 15) is 14.7 Å². The molecule has 0 heterocycles. The molecule has 0 bridgehead atoms. The van der Waals surface area contributed by atoms with Crippen LogP contribution in [0.3, 0.4) is 0 Å². The number of rotatable bonds is 5. The van der Waals surface area contributed by atoms with Gasteiger partial charge in [0.1, 0.15) is 12.6 Å². The van der Waals surface area contributed by atoms with Crippen LogP contribution in [-0.4, -0.2) is 29.2 Å². The topological polar surface area (TPSA) is 54.4 Å². The van der Waals surface area contributed by atoms with Crippen LogP contribution in [0.2, 0.25) is 0 Å². The van der Waals surface area contributed by atoms with Gasteiger partial charge in [-0.2, -0.15) is 0 Å². The summed E-state index contributed by atoms with van der Waals surface area (Å²) in [4.78, 5) is 23.2. The summed E-state index contributed by atoms with van der Waals surface area (Å²) in [7, 11) is 0. The van der Waals surface area contributed by atoms with Crippen molar-refractivity contribution in [2.24, 2.45) is 22.7 Å². The van der Waals surface area contributed by atoms with E-state index in [1.54, 1.807) is 0 Å². The molecular weight excluding hydrogens is 324 g/mol. The first kappa shape index (κ1) is 19.4. The molecule has 2 aliphatic rings. The van der Waals surface area contributed by atoms with Crippen molar-refractivity contribution < 1.29 is 14.7 Å². The van der Waals surface area contributed by atoms with Gasteiger partial charge in [0.05, 0.1) is 12.0 Å². The molecule has 0 aromatic heterocycles. The lowest BCUT2D eigenvalue weighted by molar-refractivity contribution is -0.145. The SMILES string of the molecule is CC(C)=CCC[C@]1(C)[C@@H](Cl)C[C@H](O)[C@]2(C)[C@@H](C=O)C(C=O)=CC[C@@H]12. The molecule has 134 valence electrons. The molecule has 0 aromatic rings. The number of aliphatic hydroxyl groups excluding tert-OH is 1. The van der Waals surface area contributed by atoms with Crippen molar-refractivity contribution in [2.45, 2.75) is 64.9 Å². The summed E-state index contributed by atoms with van der Waals surface area (Å²) in [5.41, 5.74) is 0.953. The highest BCUT2D eigenvalue weighted by Crippen LogP contribution is 2.61. The summed E-state index contributed by atoms with van der Waals surface area (Å²) in [5, 5.41) is 10.7.